The van der Waals surface area contributed by atoms with Gasteiger partial charge in [0.2, 0.25) is 5.91 Å². The Morgan fingerprint density at radius 2 is 2.00 bits per heavy atom. The van der Waals surface area contributed by atoms with Crippen molar-refractivity contribution >= 4 is 17.9 Å². The van der Waals surface area contributed by atoms with Gasteiger partial charge in [-0.15, -0.1) is 0 Å². The molecular weight excluding hydrogens is 250 g/mol. The average Bonchev–Trinajstić information content (AvgIpc) is 2.93. The van der Waals surface area contributed by atoms with Crippen LogP contribution in [0.1, 0.15) is 12.8 Å². The molecule has 2 unspecified atom stereocenters. The van der Waals surface area contributed by atoms with E-state index in [-0.39, 0.29) is 30.9 Å². The van der Waals surface area contributed by atoms with Crippen LogP contribution >= 0.6 is 0 Å². The lowest BCUT2D eigenvalue weighted by Gasteiger charge is -2.25. The van der Waals surface area contributed by atoms with Gasteiger partial charge in [-0.05, 0) is 6.42 Å². The van der Waals surface area contributed by atoms with Crippen molar-refractivity contribution in [2.45, 2.75) is 18.9 Å². The first-order valence-electron chi connectivity index (χ1n) is 6.38. The van der Waals surface area contributed by atoms with Crippen LogP contribution in [0.3, 0.4) is 0 Å². The number of hydrogen-bond acceptors (Lipinski definition) is 3. The van der Waals surface area contributed by atoms with Crippen molar-refractivity contribution in [2.24, 2.45) is 5.92 Å². The normalized spacial score (nSPS) is 26.9. The molecule has 19 heavy (non-hydrogen) atoms. The maximum absolute atomic E-state index is 11.8. The molecule has 7 nitrogen and oxygen atoms in total. The predicted molar refractivity (Wildman–Crippen MR) is 66.5 cm³/mol. The monoisotopic (exact) mass is 269 g/mol. The summed E-state index contributed by atoms with van der Waals surface area (Å²) in [5, 5.41) is 8.95. The van der Waals surface area contributed by atoms with E-state index in [0.29, 0.717) is 13.1 Å². The first kappa shape index (κ1) is 13.6. The average molecular weight is 269 g/mol. The fraction of sp³-hybridized carbons (Fsp3) is 0.750. The molecule has 106 valence electrons. The van der Waals surface area contributed by atoms with Crippen LogP contribution in [-0.2, 0) is 9.59 Å². The molecule has 7 heteroatoms. The third-order valence-electron chi connectivity index (χ3n) is 3.76. The van der Waals surface area contributed by atoms with Gasteiger partial charge in [0.05, 0.1) is 12.0 Å². The van der Waals surface area contributed by atoms with E-state index in [1.165, 1.54) is 4.90 Å². The summed E-state index contributed by atoms with van der Waals surface area (Å²) in [6.45, 7) is 1.38. The van der Waals surface area contributed by atoms with Crippen LogP contribution in [0.5, 0.6) is 0 Å². The largest absolute Gasteiger partial charge is 0.481 e. The quantitative estimate of drug-likeness (QED) is 0.744. The van der Waals surface area contributed by atoms with E-state index >= 15 is 0 Å². The van der Waals surface area contributed by atoms with E-state index in [0.717, 1.165) is 6.42 Å². The summed E-state index contributed by atoms with van der Waals surface area (Å²) in [5.41, 5.74) is 0. The number of urea groups is 1. The van der Waals surface area contributed by atoms with Crippen molar-refractivity contribution in [3.8, 4) is 0 Å². The molecule has 0 aromatic carbocycles. The summed E-state index contributed by atoms with van der Waals surface area (Å²) in [6, 6.07) is -0.107. The maximum atomic E-state index is 11.8. The molecular formula is C12H19N3O4. The summed E-state index contributed by atoms with van der Waals surface area (Å²) >= 11 is 0. The lowest BCUT2D eigenvalue weighted by atomic mass is 10.1. The van der Waals surface area contributed by atoms with Crippen LogP contribution in [0.4, 0.5) is 4.79 Å². The van der Waals surface area contributed by atoms with Crippen molar-refractivity contribution < 1.29 is 19.5 Å². The zero-order valence-electron chi connectivity index (χ0n) is 11.2. The summed E-state index contributed by atoms with van der Waals surface area (Å²) < 4.78 is 0. The smallest absolute Gasteiger partial charge is 0.319 e. The minimum Gasteiger partial charge on any atom is -0.481 e. The van der Waals surface area contributed by atoms with Gasteiger partial charge in [0.15, 0.2) is 0 Å². The molecule has 2 aliphatic heterocycles. The molecule has 0 aliphatic carbocycles. The maximum Gasteiger partial charge on any atom is 0.319 e. The van der Waals surface area contributed by atoms with Crippen LogP contribution in [0, 0.1) is 5.92 Å². The second kappa shape index (κ2) is 5.07. The van der Waals surface area contributed by atoms with Crippen LogP contribution in [0.2, 0.25) is 0 Å². The van der Waals surface area contributed by atoms with Gasteiger partial charge in [-0.3, -0.25) is 9.59 Å². The van der Waals surface area contributed by atoms with Gasteiger partial charge in [-0.1, -0.05) is 0 Å². The van der Waals surface area contributed by atoms with Gasteiger partial charge < -0.3 is 19.8 Å². The molecule has 0 saturated carbocycles. The van der Waals surface area contributed by atoms with Crippen molar-refractivity contribution in [1.82, 2.24) is 14.7 Å². The fourth-order valence-electron chi connectivity index (χ4n) is 2.70. The molecule has 0 aromatic heterocycles. The zero-order valence-corrected chi connectivity index (χ0v) is 11.2. The Morgan fingerprint density at radius 3 is 2.53 bits per heavy atom. The number of likely N-dealkylation sites (tertiary alicyclic amines) is 2. The number of aliphatic carboxylic acids is 1. The minimum atomic E-state index is -0.921. The van der Waals surface area contributed by atoms with Gasteiger partial charge in [-0.2, -0.15) is 0 Å². The van der Waals surface area contributed by atoms with Gasteiger partial charge in [0.25, 0.3) is 0 Å². The van der Waals surface area contributed by atoms with Crippen LogP contribution in [0.25, 0.3) is 0 Å². The molecule has 2 heterocycles. The number of carbonyl (C=O) groups excluding carboxylic acids is 2. The minimum absolute atomic E-state index is 0.0410. The molecule has 0 bridgehead atoms. The van der Waals surface area contributed by atoms with E-state index in [9.17, 15) is 14.4 Å². The molecule has 3 amide bonds. The van der Waals surface area contributed by atoms with Crippen LogP contribution in [-0.4, -0.2) is 77.5 Å². The van der Waals surface area contributed by atoms with Gasteiger partial charge >= 0.3 is 12.0 Å². The molecule has 2 atom stereocenters. The third-order valence-corrected chi connectivity index (χ3v) is 3.76. The fourth-order valence-corrected chi connectivity index (χ4v) is 2.70. The number of amides is 3. The first-order chi connectivity index (χ1) is 8.90. The molecule has 2 fully saturated rings. The molecule has 2 saturated heterocycles. The molecule has 2 rings (SSSR count). The zero-order chi connectivity index (χ0) is 14.2. The lowest BCUT2D eigenvalue weighted by Crippen LogP contribution is -2.42. The van der Waals surface area contributed by atoms with Gasteiger partial charge in [-0.25, -0.2) is 4.79 Å². The predicted octanol–water partition coefficient (Wildman–Crippen LogP) is -0.325. The van der Waals surface area contributed by atoms with Crippen molar-refractivity contribution in [2.75, 3.05) is 33.7 Å². The van der Waals surface area contributed by atoms with Crippen molar-refractivity contribution in [3.63, 3.8) is 0 Å². The highest BCUT2D eigenvalue weighted by Gasteiger charge is 2.41. The topological polar surface area (TPSA) is 81.2 Å². The number of rotatable bonds is 2. The number of carbonyl (C=O) groups is 3. The Morgan fingerprint density at radius 1 is 1.32 bits per heavy atom. The Hall–Kier alpha value is -1.79. The number of nitrogens with zero attached hydrogens (tertiary/aromatic N) is 3. The van der Waals surface area contributed by atoms with E-state index < -0.39 is 11.9 Å². The second-order valence-corrected chi connectivity index (χ2v) is 5.35. The van der Waals surface area contributed by atoms with Gasteiger partial charge in [0.1, 0.15) is 0 Å². The Bertz CT molecular complexity index is 410. The first-order valence-corrected chi connectivity index (χ1v) is 6.38. The Balaban J connectivity index is 1.96. The van der Waals surface area contributed by atoms with Crippen molar-refractivity contribution in [1.29, 1.82) is 0 Å². The molecule has 1 N–H and O–H groups in total. The standard InChI is InChI=1S/C12H19N3O4/c1-13(2)12(19)14-4-3-9(7-14)15-6-8(11(17)18)5-10(15)16/h8-9H,3-7H2,1-2H3,(H,17,18). The Labute approximate surface area is 111 Å². The number of carboxylic acid groups (broad SMARTS) is 1. The van der Waals surface area contributed by atoms with Crippen molar-refractivity contribution in [3.05, 3.63) is 0 Å². The third kappa shape index (κ3) is 2.64. The summed E-state index contributed by atoms with van der Waals surface area (Å²) in [5.74, 6) is -1.64. The van der Waals surface area contributed by atoms with Crippen LogP contribution in [0.15, 0.2) is 0 Å². The second-order valence-electron chi connectivity index (χ2n) is 5.35. The highest BCUT2D eigenvalue weighted by molar-refractivity contribution is 5.86. The highest BCUT2D eigenvalue weighted by atomic mass is 16.4. The number of hydrogen-bond donors (Lipinski definition) is 1. The van der Waals surface area contributed by atoms with E-state index in [2.05, 4.69) is 0 Å². The highest BCUT2D eigenvalue weighted by Crippen LogP contribution is 2.25. The lowest BCUT2D eigenvalue weighted by molar-refractivity contribution is -0.141. The summed E-state index contributed by atoms with van der Waals surface area (Å²) in [4.78, 5) is 39.4. The Kier molecular flexibility index (Phi) is 3.64. The van der Waals surface area contributed by atoms with Crippen LogP contribution < -0.4 is 0 Å². The molecule has 0 spiro atoms. The summed E-state index contributed by atoms with van der Waals surface area (Å²) in [6.07, 6.45) is 0.797. The molecule has 0 aromatic rings. The number of carboxylic acids is 1. The SMILES string of the molecule is CN(C)C(=O)N1CCC(N2CC(C(=O)O)CC2=O)C1. The van der Waals surface area contributed by atoms with E-state index in [1.54, 1.807) is 23.9 Å². The molecule has 0 radical (unpaired) electrons. The molecule has 2 aliphatic rings. The summed E-state index contributed by atoms with van der Waals surface area (Å²) in [7, 11) is 3.38. The van der Waals surface area contributed by atoms with E-state index in [1.807, 2.05) is 0 Å². The van der Waals surface area contributed by atoms with Gasteiger partial charge in [0, 0.05) is 40.2 Å². The van der Waals surface area contributed by atoms with E-state index in [4.69, 9.17) is 5.11 Å².